The topological polar surface area (TPSA) is 45.7 Å². The number of benzene rings is 1. The van der Waals surface area contributed by atoms with E-state index in [2.05, 4.69) is 69.9 Å². The van der Waals surface area contributed by atoms with E-state index >= 15 is 0 Å². The summed E-state index contributed by atoms with van der Waals surface area (Å²) in [5.74, 6) is 0.930. The summed E-state index contributed by atoms with van der Waals surface area (Å²) >= 11 is 3.54. The number of nitrogens with zero attached hydrogens (tertiary/aromatic N) is 1. The van der Waals surface area contributed by atoms with Gasteiger partial charge in [-0.2, -0.15) is 0 Å². The first-order valence-corrected chi connectivity index (χ1v) is 10.0. The Hall–Kier alpha value is -1.33. The maximum Gasteiger partial charge on any atom is 0.191 e. The maximum atomic E-state index is 5.63. The summed E-state index contributed by atoms with van der Waals surface area (Å²) in [4.78, 5) is 4.97. The molecule has 1 aliphatic carbocycles. The summed E-state index contributed by atoms with van der Waals surface area (Å²) in [6.45, 7) is 5.39. The fraction of sp³-hybridized carbons (Fsp3) is 0.550. The van der Waals surface area contributed by atoms with Crippen LogP contribution in [0.15, 0.2) is 45.9 Å². The van der Waals surface area contributed by atoms with Gasteiger partial charge < -0.3 is 15.4 Å². The fourth-order valence-electron chi connectivity index (χ4n) is 3.58. The third-order valence-electron chi connectivity index (χ3n) is 5.14. The average molecular weight is 406 g/mol. The zero-order chi connectivity index (χ0) is 17.5. The lowest BCUT2D eigenvalue weighted by Gasteiger charge is -2.37. The number of rotatable bonds is 5. The van der Waals surface area contributed by atoms with Crippen molar-refractivity contribution < 1.29 is 4.74 Å². The number of nitrogens with one attached hydrogen (secondary N) is 2. The van der Waals surface area contributed by atoms with Crippen LogP contribution >= 0.6 is 15.9 Å². The first-order valence-electron chi connectivity index (χ1n) is 9.25. The van der Waals surface area contributed by atoms with Crippen LogP contribution in [0.4, 0.5) is 0 Å². The normalized spacial score (nSPS) is 20.6. The van der Waals surface area contributed by atoms with Crippen LogP contribution in [0.25, 0.3) is 0 Å². The molecule has 1 saturated heterocycles. The van der Waals surface area contributed by atoms with Gasteiger partial charge in [0.1, 0.15) is 0 Å². The van der Waals surface area contributed by atoms with Crippen molar-refractivity contribution in [2.24, 2.45) is 4.99 Å². The maximum absolute atomic E-state index is 5.63. The molecule has 3 rings (SSSR count). The standard InChI is InChI=1S/C20H28BrN3O/c1-2-22-19(24-18-5-3-4-6-18)23-15-20(11-13-25-14-12-20)16-7-9-17(21)10-8-16/h3-4,7-10,18H,2,5-6,11-15H2,1H3,(H2,22,23,24). The molecule has 0 amide bonds. The van der Waals surface area contributed by atoms with Gasteiger partial charge >= 0.3 is 0 Å². The molecule has 136 valence electrons. The van der Waals surface area contributed by atoms with Crippen LogP contribution in [0, 0.1) is 0 Å². The van der Waals surface area contributed by atoms with Gasteiger partial charge in [0.2, 0.25) is 0 Å². The van der Waals surface area contributed by atoms with Gasteiger partial charge in [-0.05, 0) is 50.3 Å². The lowest BCUT2D eigenvalue weighted by atomic mass is 9.74. The van der Waals surface area contributed by atoms with Crippen molar-refractivity contribution in [1.29, 1.82) is 0 Å². The Labute approximate surface area is 159 Å². The Balaban J connectivity index is 1.76. The lowest BCUT2D eigenvalue weighted by Crippen LogP contribution is -2.44. The van der Waals surface area contributed by atoms with Crippen LogP contribution in [0.1, 0.15) is 38.2 Å². The highest BCUT2D eigenvalue weighted by molar-refractivity contribution is 9.10. The van der Waals surface area contributed by atoms with E-state index in [1.165, 1.54) is 5.56 Å². The van der Waals surface area contributed by atoms with Crippen LogP contribution in [-0.2, 0) is 10.2 Å². The quantitative estimate of drug-likeness (QED) is 0.445. The van der Waals surface area contributed by atoms with Gasteiger partial charge in [0.05, 0.1) is 6.54 Å². The fourth-order valence-corrected chi connectivity index (χ4v) is 3.85. The molecule has 0 bridgehead atoms. The number of ether oxygens (including phenoxy) is 1. The molecule has 4 nitrogen and oxygen atoms in total. The van der Waals surface area contributed by atoms with Crippen LogP contribution in [0.5, 0.6) is 0 Å². The molecule has 2 aliphatic rings. The van der Waals surface area contributed by atoms with Crippen molar-refractivity contribution in [3.8, 4) is 0 Å². The minimum atomic E-state index is 0.0647. The number of aliphatic imine (C=N–C) groups is 1. The molecule has 5 heteroatoms. The molecule has 0 unspecified atom stereocenters. The van der Waals surface area contributed by atoms with E-state index < -0.39 is 0 Å². The van der Waals surface area contributed by atoms with Crippen molar-refractivity contribution in [2.75, 3.05) is 26.3 Å². The van der Waals surface area contributed by atoms with E-state index in [-0.39, 0.29) is 5.41 Å². The summed E-state index contributed by atoms with van der Waals surface area (Å²) in [5, 5.41) is 6.97. The minimum Gasteiger partial charge on any atom is -0.381 e. The van der Waals surface area contributed by atoms with E-state index in [4.69, 9.17) is 9.73 Å². The molecule has 0 saturated carbocycles. The van der Waals surface area contributed by atoms with Gasteiger partial charge in [0, 0.05) is 35.7 Å². The van der Waals surface area contributed by atoms with Crippen LogP contribution in [0.3, 0.4) is 0 Å². The number of guanidine groups is 1. The van der Waals surface area contributed by atoms with Gasteiger partial charge in [-0.25, -0.2) is 0 Å². The molecule has 1 heterocycles. The number of hydrogen-bond acceptors (Lipinski definition) is 2. The third-order valence-corrected chi connectivity index (χ3v) is 5.67. The third kappa shape index (κ3) is 4.85. The zero-order valence-corrected chi connectivity index (χ0v) is 16.5. The zero-order valence-electron chi connectivity index (χ0n) is 14.9. The van der Waals surface area contributed by atoms with Crippen molar-refractivity contribution in [1.82, 2.24) is 10.6 Å². The Morgan fingerprint density at radius 3 is 2.52 bits per heavy atom. The predicted molar refractivity (Wildman–Crippen MR) is 107 cm³/mol. The van der Waals surface area contributed by atoms with E-state index in [9.17, 15) is 0 Å². The van der Waals surface area contributed by atoms with E-state index in [1.54, 1.807) is 0 Å². The summed E-state index contributed by atoms with van der Waals surface area (Å²) < 4.78 is 6.75. The smallest absolute Gasteiger partial charge is 0.191 e. The Kier molecular flexibility index (Phi) is 6.54. The predicted octanol–water partition coefficient (Wildman–Crippen LogP) is 3.77. The molecular weight excluding hydrogens is 378 g/mol. The van der Waals surface area contributed by atoms with Gasteiger partial charge in [0.15, 0.2) is 5.96 Å². The Morgan fingerprint density at radius 2 is 1.88 bits per heavy atom. The highest BCUT2D eigenvalue weighted by atomic mass is 79.9. The highest BCUT2D eigenvalue weighted by Crippen LogP contribution is 2.35. The van der Waals surface area contributed by atoms with Crippen molar-refractivity contribution in [3.63, 3.8) is 0 Å². The molecule has 0 radical (unpaired) electrons. The second kappa shape index (κ2) is 8.86. The summed E-state index contributed by atoms with van der Waals surface area (Å²) in [6, 6.07) is 9.18. The first-order chi connectivity index (χ1) is 12.2. The first kappa shape index (κ1) is 18.5. The van der Waals surface area contributed by atoms with Crippen molar-refractivity contribution in [2.45, 2.75) is 44.1 Å². The lowest BCUT2D eigenvalue weighted by molar-refractivity contribution is 0.0531. The largest absolute Gasteiger partial charge is 0.381 e. The summed E-state index contributed by atoms with van der Waals surface area (Å²) in [6.07, 6.45) is 8.67. The molecule has 0 atom stereocenters. The molecule has 1 fully saturated rings. The van der Waals surface area contributed by atoms with E-state index in [0.717, 1.165) is 62.4 Å². The monoisotopic (exact) mass is 405 g/mol. The van der Waals surface area contributed by atoms with Crippen LogP contribution < -0.4 is 10.6 Å². The average Bonchev–Trinajstić information content (AvgIpc) is 3.14. The van der Waals surface area contributed by atoms with Gasteiger partial charge in [-0.15, -0.1) is 0 Å². The molecule has 1 aromatic carbocycles. The summed E-state index contributed by atoms with van der Waals surface area (Å²) in [5.41, 5.74) is 1.43. The van der Waals surface area contributed by atoms with E-state index in [1.807, 2.05) is 0 Å². The molecule has 25 heavy (non-hydrogen) atoms. The summed E-state index contributed by atoms with van der Waals surface area (Å²) in [7, 11) is 0. The van der Waals surface area contributed by atoms with E-state index in [0.29, 0.717) is 6.04 Å². The van der Waals surface area contributed by atoms with Gasteiger partial charge in [0.25, 0.3) is 0 Å². The number of hydrogen-bond donors (Lipinski definition) is 2. The molecule has 2 N–H and O–H groups in total. The molecule has 1 aromatic rings. The molecule has 0 aromatic heterocycles. The van der Waals surface area contributed by atoms with Crippen molar-refractivity contribution in [3.05, 3.63) is 46.5 Å². The van der Waals surface area contributed by atoms with Crippen molar-refractivity contribution >= 4 is 21.9 Å². The molecule has 0 spiro atoms. The van der Waals surface area contributed by atoms with Crippen LogP contribution in [-0.4, -0.2) is 38.3 Å². The Bertz CT molecular complexity index is 598. The minimum absolute atomic E-state index is 0.0647. The second-order valence-corrected chi connectivity index (χ2v) is 7.79. The highest BCUT2D eigenvalue weighted by Gasteiger charge is 2.34. The van der Waals surface area contributed by atoms with Gasteiger partial charge in [-0.3, -0.25) is 4.99 Å². The van der Waals surface area contributed by atoms with Gasteiger partial charge in [-0.1, -0.05) is 40.2 Å². The number of halogens is 1. The molecular formula is C20H28BrN3O. The van der Waals surface area contributed by atoms with Crippen LogP contribution in [0.2, 0.25) is 0 Å². The second-order valence-electron chi connectivity index (χ2n) is 6.88. The Morgan fingerprint density at radius 1 is 1.20 bits per heavy atom. The SMILES string of the molecule is CCNC(=NCC1(c2ccc(Br)cc2)CCOCC1)NC1CC=CC1. The molecule has 1 aliphatic heterocycles.